The summed E-state index contributed by atoms with van der Waals surface area (Å²) in [5.74, 6) is 2.41. The largest absolute Gasteiger partial charge is 0.496 e. The van der Waals surface area contributed by atoms with Gasteiger partial charge >= 0.3 is 0 Å². The molecule has 1 saturated heterocycles. The number of benzene rings is 2. The van der Waals surface area contributed by atoms with Crippen LogP contribution in [0.15, 0.2) is 42.5 Å². The second kappa shape index (κ2) is 8.74. The maximum absolute atomic E-state index is 12.8. The van der Waals surface area contributed by atoms with Gasteiger partial charge in [-0.3, -0.25) is 9.69 Å². The van der Waals surface area contributed by atoms with Crippen molar-refractivity contribution in [1.82, 2.24) is 10.2 Å². The van der Waals surface area contributed by atoms with Crippen molar-refractivity contribution in [1.29, 1.82) is 0 Å². The number of ether oxygens (including phenoxy) is 3. The Hall–Kier alpha value is -2.73. The van der Waals surface area contributed by atoms with Crippen LogP contribution in [0.5, 0.6) is 17.2 Å². The van der Waals surface area contributed by atoms with Crippen LogP contribution in [0, 0.1) is 0 Å². The zero-order chi connectivity index (χ0) is 20.2. The van der Waals surface area contributed by atoms with E-state index in [9.17, 15) is 4.79 Å². The molecule has 6 heteroatoms. The van der Waals surface area contributed by atoms with Gasteiger partial charge in [-0.1, -0.05) is 24.3 Å². The normalized spacial score (nSPS) is 19.6. The van der Waals surface area contributed by atoms with Crippen LogP contribution in [0.1, 0.15) is 43.0 Å². The Bertz CT molecular complexity index is 870. The van der Waals surface area contributed by atoms with Gasteiger partial charge in [0.05, 0.1) is 19.7 Å². The van der Waals surface area contributed by atoms with Gasteiger partial charge in [0, 0.05) is 11.6 Å². The van der Waals surface area contributed by atoms with Crippen LogP contribution < -0.4 is 19.5 Å². The molecule has 1 fully saturated rings. The summed E-state index contributed by atoms with van der Waals surface area (Å²) in [4.78, 5) is 15.0. The third-order valence-corrected chi connectivity index (χ3v) is 5.64. The highest BCUT2D eigenvalue weighted by molar-refractivity contribution is 5.78. The summed E-state index contributed by atoms with van der Waals surface area (Å²) in [6.45, 7) is 4.44. The lowest BCUT2D eigenvalue weighted by molar-refractivity contribution is -0.123. The molecule has 4 rings (SSSR count). The Morgan fingerprint density at radius 1 is 1.21 bits per heavy atom. The van der Waals surface area contributed by atoms with Crippen molar-refractivity contribution in [2.24, 2.45) is 0 Å². The van der Waals surface area contributed by atoms with Crippen LogP contribution in [-0.2, 0) is 4.79 Å². The number of fused-ring (bicyclic) bond motifs is 1. The van der Waals surface area contributed by atoms with E-state index in [0.29, 0.717) is 19.8 Å². The SMILES string of the molecule is COc1ccccc1[C@@H](C)NC(=O)CN1CCC[C@H]1c1ccc2c(c1)OCCO2. The van der Waals surface area contributed by atoms with Crippen LogP contribution in [-0.4, -0.2) is 44.2 Å². The molecule has 2 aromatic rings. The number of methoxy groups -OCH3 is 1. The first-order valence-electron chi connectivity index (χ1n) is 10.2. The average Bonchev–Trinajstić information content (AvgIpc) is 3.21. The first-order valence-corrected chi connectivity index (χ1v) is 10.2. The maximum Gasteiger partial charge on any atom is 0.234 e. The Morgan fingerprint density at radius 3 is 2.83 bits per heavy atom. The van der Waals surface area contributed by atoms with Crippen molar-refractivity contribution in [3.8, 4) is 17.2 Å². The molecule has 0 bridgehead atoms. The fraction of sp³-hybridized carbons (Fsp3) is 0.435. The molecule has 0 spiro atoms. The van der Waals surface area contributed by atoms with E-state index in [0.717, 1.165) is 42.2 Å². The van der Waals surface area contributed by atoms with Crippen molar-refractivity contribution in [2.75, 3.05) is 33.4 Å². The van der Waals surface area contributed by atoms with E-state index >= 15 is 0 Å². The summed E-state index contributed by atoms with van der Waals surface area (Å²) in [5.41, 5.74) is 2.16. The topological polar surface area (TPSA) is 60.0 Å². The number of para-hydroxylation sites is 1. The highest BCUT2D eigenvalue weighted by Gasteiger charge is 2.29. The zero-order valence-electron chi connectivity index (χ0n) is 17.0. The molecule has 0 unspecified atom stereocenters. The Morgan fingerprint density at radius 2 is 2.00 bits per heavy atom. The van der Waals surface area contributed by atoms with Crippen molar-refractivity contribution in [3.05, 3.63) is 53.6 Å². The van der Waals surface area contributed by atoms with Gasteiger partial charge in [0.1, 0.15) is 19.0 Å². The van der Waals surface area contributed by atoms with Crippen LogP contribution in [0.2, 0.25) is 0 Å². The maximum atomic E-state index is 12.8. The summed E-state index contributed by atoms with van der Waals surface area (Å²) < 4.78 is 16.8. The van der Waals surface area contributed by atoms with E-state index in [1.54, 1.807) is 7.11 Å². The van der Waals surface area contributed by atoms with Gasteiger partial charge < -0.3 is 19.5 Å². The number of hydrogen-bond acceptors (Lipinski definition) is 5. The summed E-state index contributed by atoms with van der Waals surface area (Å²) in [5, 5.41) is 3.11. The molecule has 2 atom stereocenters. The molecule has 2 aliphatic rings. The van der Waals surface area contributed by atoms with E-state index in [-0.39, 0.29) is 18.0 Å². The quantitative estimate of drug-likeness (QED) is 0.810. The summed E-state index contributed by atoms with van der Waals surface area (Å²) >= 11 is 0. The van der Waals surface area contributed by atoms with Gasteiger partial charge in [-0.25, -0.2) is 0 Å². The lowest BCUT2D eigenvalue weighted by Crippen LogP contribution is -2.38. The minimum atomic E-state index is -0.117. The minimum absolute atomic E-state index is 0.0212. The molecule has 2 aromatic carbocycles. The molecule has 2 aliphatic heterocycles. The number of rotatable bonds is 6. The Kier molecular flexibility index (Phi) is 5.90. The fourth-order valence-corrected chi connectivity index (χ4v) is 4.23. The molecule has 154 valence electrons. The number of hydrogen-bond donors (Lipinski definition) is 1. The molecular formula is C23H28N2O4. The average molecular weight is 396 g/mol. The number of amides is 1. The van der Waals surface area contributed by atoms with Crippen LogP contribution in [0.3, 0.4) is 0 Å². The van der Waals surface area contributed by atoms with E-state index in [4.69, 9.17) is 14.2 Å². The third-order valence-electron chi connectivity index (χ3n) is 5.64. The first kappa shape index (κ1) is 19.6. The highest BCUT2D eigenvalue weighted by Crippen LogP contribution is 2.38. The van der Waals surface area contributed by atoms with Crippen LogP contribution in [0.4, 0.5) is 0 Å². The summed E-state index contributed by atoms with van der Waals surface area (Å²) in [6, 6.07) is 14.0. The standard InChI is InChI=1S/C23H28N2O4/c1-16(18-6-3-4-8-20(18)27-2)24-23(26)15-25-11-5-7-19(25)17-9-10-21-22(14-17)29-13-12-28-21/h3-4,6,8-10,14,16,19H,5,7,11-13,15H2,1-2H3,(H,24,26)/t16-,19+/m1/s1. The predicted octanol–water partition coefficient (Wildman–Crippen LogP) is 3.48. The van der Waals surface area contributed by atoms with Gasteiger partial charge in [0.2, 0.25) is 5.91 Å². The smallest absolute Gasteiger partial charge is 0.234 e. The molecule has 0 aliphatic carbocycles. The van der Waals surface area contributed by atoms with E-state index < -0.39 is 0 Å². The van der Waals surface area contributed by atoms with Gasteiger partial charge in [-0.2, -0.15) is 0 Å². The number of carbonyl (C=O) groups excluding carboxylic acids is 1. The molecule has 0 radical (unpaired) electrons. The minimum Gasteiger partial charge on any atom is -0.496 e. The van der Waals surface area contributed by atoms with Crippen molar-refractivity contribution < 1.29 is 19.0 Å². The highest BCUT2D eigenvalue weighted by atomic mass is 16.6. The van der Waals surface area contributed by atoms with Gasteiger partial charge in [0.25, 0.3) is 0 Å². The molecule has 0 aromatic heterocycles. The number of likely N-dealkylation sites (tertiary alicyclic amines) is 1. The molecule has 6 nitrogen and oxygen atoms in total. The van der Waals surface area contributed by atoms with Crippen LogP contribution >= 0.6 is 0 Å². The van der Waals surface area contributed by atoms with E-state index in [2.05, 4.69) is 22.3 Å². The molecule has 2 heterocycles. The lowest BCUT2D eigenvalue weighted by atomic mass is 10.0. The van der Waals surface area contributed by atoms with Crippen LogP contribution in [0.25, 0.3) is 0 Å². The lowest BCUT2D eigenvalue weighted by Gasteiger charge is -2.27. The number of nitrogens with zero attached hydrogens (tertiary/aromatic N) is 1. The predicted molar refractivity (Wildman–Crippen MR) is 111 cm³/mol. The fourth-order valence-electron chi connectivity index (χ4n) is 4.23. The molecule has 29 heavy (non-hydrogen) atoms. The van der Waals surface area contributed by atoms with Crippen molar-refractivity contribution in [3.63, 3.8) is 0 Å². The van der Waals surface area contributed by atoms with Crippen molar-refractivity contribution in [2.45, 2.75) is 31.8 Å². The van der Waals surface area contributed by atoms with E-state index in [1.165, 1.54) is 5.56 Å². The summed E-state index contributed by atoms with van der Waals surface area (Å²) in [6.07, 6.45) is 2.11. The molecule has 1 N–H and O–H groups in total. The molecule has 1 amide bonds. The zero-order valence-corrected chi connectivity index (χ0v) is 17.0. The van der Waals surface area contributed by atoms with Gasteiger partial charge in [0.15, 0.2) is 11.5 Å². The van der Waals surface area contributed by atoms with Gasteiger partial charge in [-0.05, 0) is 50.1 Å². The second-order valence-corrected chi connectivity index (χ2v) is 7.56. The summed E-state index contributed by atoms with van der Waals surface area (Å²) in [7, 11) is 1.65. The number of nitrogens with one attached hydrogen (secondary N) is 1. The van der Waals surface area contributed by atoms with E-state index in [1.807, 2.05) is 37.3 Å². The van der Waals surface area contributed by atoms with Crippen molar-refractivity contribution >= 4 is 5.91 Å². The van der Waals surface area contributed by atoms with Gasteiger partial charge in [-0.15, -0.1) is 0 Å². The Balaban J connectivity index is 1.41. The Labute approximate surface area is 171 Å². The third kappa shape index (κ3) is 4.32. The first-order chi connectivity index (χ1) is 14.2. The number of carbonyl (C=O) groups is 1. The monoisotopic (exact) mass is 396 g/mol. The second-order valence-electron chi connectivity index (χ2n) is 7.56. The molecule has 0 saturated carbocycles. The molecular weight excluding hydrogens is 368 g/mol.